The van der Waals surface area contributed by atoms with E-state index in [2.05, 4.69) is 6.58 Å². The molecule has 0 saturated heterocycles. The lowest BCUT2D eigenvalue weighted by Crippen LogP contribution is -1.63. The molecule has 0 fully saturated rings. The number of allylic oxidation sites excluding steroid dienone is 2. The summed E-state index contributed by atoms with van der Waals surface area (Å²) in [6.45, 7) is 3.69. The van der Waals surface area contributed by atoms with Crippen LogP contribution < -0.4 is 0 Å². The smallest absolute Gasteiger partial charge is 0.0866 e. The Morgan fingerprint density at radius 3 is 2.67 bits per heavy atom. The van der Waals surface area contributed by atoms with E-state index in [1.807, 2.05) is 16.9 Å². The topological polar surface area (TPSA) is 0 Å². The second-order valence-electron chi connectivity index (χ2n) is 1.13. The van der Waals surface area contributed by atoms with Gasteiger partial charge in [0.15, 0.2) is 5.41 Å². The fraction of sp³-hybridized carbons (Fsp3) is 0. The molecule has 6 heavy (non-hydrogen) atoms. The Balaban J connectivity index is 2.86. The molecule has 0 spiro atoms. The molecular weight excluding hydrogens is 92.1 g/mol. The second kappa shape index (κ2) is 1.35. The molecule has 1 aliphatic rings. The van der Waals surface area contributed by atoms with Gasteiger partial charge in [0, 0.05) is 11.6 Å². The first-order valence-corrected chi connectivity index (χ1v) is 2.68. The predicted octanol–water partition coefficient (Wildman–Crippen LogP) is 0.955. The van der Waals surface area contributed by atoms with E-state index < -0.39 is 0 Å². The minimum Gasteiger partial charge on any atom is -0.0866 e. The average Bonchev–Trinajstić information content (AvgIpc) is 1.86. The monoisotopic (exact) mass is 97.0 g/mol. The summed E-state index contributed by atoms with van der Waals surface area (Å²) in [7, 11) is 0. The molecule has 1 heteroatoms. The highest BCUT2D eigenvalue weighted by Crippen LogP contribution is 1.92. The summed E-state index contributed by atoms with van der Waals surface area (Å²) in [5, 5.41) is 4.03. The summed E-state index contributed by atoms with van der Waals surface area (Å²) in [5.41, 5.74) is 1.11. The maximum Gasteiger partial charge on any atom is 0.212 e. The minimum atomic E-state index is 1.11. The summed E-state index contributed by atoms with van der Waals surface area (Å²) in [5.74, 6) is 0. The molecule has 0 N–H and O–H groups in total. The quantitative estimate of drug-likeness (QED) is 0.240. The first-order chi connectivity index (χ1) is 2.89. The van der Waals surface area contributed by atoms with E-state index in [-0.39, 0.29) is 0 Å². The Morgan fingerprint density at radius 2 is 2.50 bits per heavy atom. The van der Waals surface area contributed by atoms with Crippen LogP contribution in [-0.2, 0) is 11.4 Å². The summed E-state index contributed by atoms with van der Waals surface area (Å²) in [4.78, 5) is 0. The van der Waals surface area contributed by atoms with Gasteiger partial charge in [-0.05, 0) is 0 Å². The molecule has 0 atom stereocenters. The molecule has 30 valence electrons. The van der Waals surface area contributed by atoms with Crippen LogP contribution in [0.15, 0.2) is 23.6 Å². The van der Waals surface area contributed by atoms with E-state index in [4.69, 9.17) is 0 Å². The van der Waals surface area contributed by atoms with Crippen molar-refractivity contribution in [2.75, 3.05) is 0 Å². The van der Waals surface area contributed by atoms with Crippen LogP contribution in [0.1, 0.15) is 0 Å². The molecule has 0 aromatic rings. The largest absolute Gasteiger partial charge is 0.212 e. The van der Waals surface area contributed by atoms with Crippen LogP contribution in [0.25, 0.3) is 0 Å². The third kappa shape index (κ3) is 0.546. The lowest BCUT2D eigenvalue weighted by atomic mass is 10.4. The average molecular weight is 97.2 g/mol. The zero-order chi connectivity index (χ0) is 4.41. The van der Waals surface area contributed by atoms with Gasteiger partial charge in [-0.1, -0.05) is 6.58 Å². The van der Waals surface area contributed by atoms with Gasteiger partial charge < -0.3 is 0 Å². The van der Waals surface area contributed by atoms with Crippen molar-refractivity contribution in [3.8, 4) is 0 Å². The molecule has 0 nitrogen and oxygen atoms in total. The summed E-state index contributed by atoms with van der Waals surface area (Å²) >= 11 is 1.68. The lowest BCUT2D eigenvalue weighted by Gasteiger charge is -1.61. The predicted molar refractivity (Wildman–Crippen MR) is 31.7 cm³/mol. The molecular formula is C5H5S+. The van der Waals surface area contributed by atoms with Crippen LogP contribution in [0.3, 0.4) is 0 Å². The van der Waals surface area contributed by atoms with E-state index in [9.17, 15) is 0 Å². The first-order valence-electron chi connectivity index (χ1n) is 1.74. The van der Waals surface area contributed by atoms with E-state index in [1.165, 1.54) is 0 Å². The molecule has 0 aliphatic carbocycles. The summed E-state index contributed by atoms with van der Waals surface area (Å²) < 4.78 is 0. The molecule has 0 radical (unpaired) electrons. The highest BCUT2D eigenvalue weighted by Gasteiger charge is 1.96. The molecule has 0 aromatic heterocycles. The van der Waals surface area contributed by atoms with Crippen molar-refractivity contribution in [3.63, 3.8) is 0 Å². The molecule has 1 heterocycles. The van der Waals surface area contributed by atoms with Gasteiger partial charge in [0.05, 0.1) is 0 Å². The SMILES string of the molecule is C=C1C=C[S+]=C1. The van der Waals surface area contributed by atoms with Crippen LogP contribution in [0.4, 0.5) is 0 Å². The lowest BCUT2D eigenvalue weighted by molar-refractivity contribution is 2.00. The van der Waals surface area contributed by atoms with Crippen molar-refractivity contribution >= 4 is 16.7 Å². The van der Waals surface area contributed by atoms with Crippen molar-refractivity contribution in [2.24, 2.45) is 0 Å². The van der Waals surface area contributed by atoms with Crippen LogP contribution >= 0.6 is 0 Å². The van der Waals surface area contributed by atoms with E-state index in [0.29, 0.717) is 0 Å². The van der Waals surface area contributed by atoms with Gasteiger partial charge >= 0.3 is 0 Å². The molecule has 0 aromatic carbocycles. The van der Waals surface area contributed by atoms with Gasteiger partial charge in [-0.2, -0.15) is 0 Å². The van der Waals surface area contributed by atoms with Gasteiger partial charge in [0.1, 0.15) is 0 Å². The summed E-state index contributed by atoms with van der Waals surface area (Å²) in [6, 6.07) is 0. The molecule has 0 unspecified atom stereocenters. The van der Waals surface area contributed by atoms with Crippen molar-refractivity contribution in [1.82, 2.24) is 0 Å². The number of rotatable bonds is 0. The standard InChI is InChI=1S/C5H5S/c1-5-2-3-6-4-5/h2-4H,1H2/q+1. The Kier molecular flexibility index (Phi) is 0.843. The fourth-order valence-corrected chi connectivity index (χ4v) is 0.878. The van der Waals surface area contributed by atoms with Crippen LogP contribution in [-0.4, -0.2) is 5.37 Å². The van der Waals surface area contributed by atoms with Crippen molar-refractivity contribution in [3.05, 3.63) is 23.6 Å². The Labute approximate surface area is 41.1 Å². The van der Waals surface area contributed by atoms with Crippen molar-refractivity contribution < 1.29 is 0 Å². The van der Waals surface area contributed by atoms with Gasteiger partial charge in [-0.25, -0.2) is 0 Å². The fourth-order valence-electron chi connectivity index (χ4n) is 0.293. The van der Waals surface area contributed by atoms with Crippen LogP contribution in [0.2, 0.25) is 0 Å². The normalized spacial score (nSPS) is 17.0. The maximum absolute atomic E-state index is 3.69. The van der Waals surface area contributed by atoms with Gasteiger partial charge in [0.2, 0.25) is 16.7 Å². The molecule has 1 aliphatic heterocycles. The molecule has 1 rings (SSSR count). The zero-order valence-electron chi connectivity index (χ0n) is 3.35. The Morgan fingerprint density at radius 1 is 1.67 bits per heavy atom. The zero-order valence-corrected chi connectivity index (χ0v) is 4.16. The van der Waals surface area contributed by atoms with Gasteiger partial charge in [-0.15, -0.1) is 0 Å². The molecule has 0 bridgehead atoms. The van der Waals surface area contributed by atoms with Crippen molar-refractivity contribution in [2.45, 2.75) is 0 Å². The third-order valence-electron chi connectivity index (χ3n) is 0.580. The third-order valence-corrected chi connectivity index (χ3v) is 1.31. The number of hydrogen-bond donors (Lipinski definition) is 0. The van der Waals surface area contributed by atoms with E-state index in [1.54, 1.807) is 11.4 Å². The maximum atomic E-state index is 3.69. The van der Waals surface area contributed by atoms with E-state index >= 15 is 0 Å². The van der Waals surface area contributed by atoms with Gasteiger partial charge in [0.25, 0.3) is 0 Å². The summed E-state index contributed by atoms with van der Waals surface area (Å²) in [6.07, 6.45) is 1.99. The van der Waals surface area contributed by atoms with Crippen molar-refractivity contribution in [1.29, 1.82) is 0 Å². The van der Waals surface area contributed by atoms with Crippen LogP contribution in [0, 0.1) is 0 Å². The van der Waals surface area contributed by atoms with Gasteiger partial charge in [-0.3, -0.25) is 0 Å². The Bertz CT molecular complexity index is 106. The Hall–Kier alpha value is -0.430. The minimum absolute atomic E-state index is 1.11. The second-order valence-corrected chi connectivity index (χ2v) is 1.91. The van der Waals surface area contributed by atoms with E-state index in [0.717, 1.165) is 5.57 Å². The highest BCUT2D eigenvalue weighted by atomic mass is 32.1. The molecule has 0 amide bonds. The van der Waals surface area contributed by atoms with Crippen LogP contribution in [0.5, 0.6) is 0 Å². The molecule has 0 saturated carbocycles. The highest BCUT2D eigenvalue weighted by molar-refractivity contribution is 7.81. The first kappa shape index (κ1) is 3.75. The number of hydrogen-bond acceptors (Lipinski definition) is 0.